The second-order valence-corrected chi connectivity index (χ2v) is 6.74. The zero-order chi connectivity index (χ0) is 18.4. The van der Waals surface area contributed by atoms with Gasteiger partial charge in [0, 0.05) is 0 Å². The van der Waals surface area contributed by atoms with Crippen LogP contribution < -0.4 is 9.47 Å². The summed E-state index contributed by atoms with van der Waals surface area (Å²) in [5, 5.41) is 0. The van der Waals surface area contributed by atoms with Crippen molar-refractivity contribution >= 4 is 12.0 Å². The second kappa shape index (κ2) is 7.84. The van der Waals surface area contributed by atoms with E-state index in [1.54, 1.807) is 18.2 Å². The number of carbonyl (C=O) groups is 1. The van der Waals surface area contributed by atoms with Crippen molar-refractivity contribution in [3.05, 3.63) is 78.9 Å². The summed E-state index contributed by atoms with van der Waals surface area (Å²) in [6.45, 7) is 13.8. The highest BCUT2D eigenvalue weighted by Crippen LogP contribution is 2.25. The average molecular weight is 336 g/mol. The van der Waals surface area contributed by atoms with E-state index in [1.165, 1.54) is 11.6 Å². The molecule has 25 heavy (non-hydrogen) atoms. The summed E-state index contributed by atoms with van der Waals surface area (Å²) in [7, 11) is 0. The van der Waals surface area contributed by atoms with Crippen LogP contribution >= 0.6 is 0 Å². The van der Waals surface area contributed by atoms with Gasteiger partial charge in [-0.05, 0) is 46.9 Å². The molecular formula is C22H24O3. The fourth-order valence-electron chi connectivity index (χ4n) is 2.22. The van der Waals surface area contributed by atoms with E-state index in [2.05, 4.69) is 33.9 Å². The first-order valence-electron chi connectivity index (χ1n) is 8.17. The van der Waals surface area contributed by atoms with E-state index in [4.69, 9.17) is 9.47 Å². The Morgan fingerprint density at radius 2 is 1.52 bits per heavy atom. The third-order valence-corrected chi connectivity index (χ3v) is 3.76. The molecular weight excluding hydrogens is 312 g/mol. The third-order valence-electron chi connectivity index (χ3n) is 3.76. The summed E-state index contributed by atoms with van der Waals surface area (Å²) >= 11 is 0. The Balaban J connectivity index is 2.04. The van der Waals surface area contributed by atoms with Gasteiger partial charge in [0.05, 0.1) is 0 Å². The standard InChI is InChI=1S/C22H24O3/c1-6-16-8-12-19(13-9-16)25-21(23)20(7-2)24-18-14-10-17(11-15-18)22(3,4)5/h6-15,20H,1-2H2,3-5H3. The van der Waals surface area contributed by atoms with Crippen LogP contribution in [0.4, 0.5) is 0 Å². The molecule has 2 aromatic carbocycles. The molecule has 1 unspecified atom stereocenters. The highest BCUT2D eigenvalue weighted by atomic mass is 16.6. The Labute approximate surface area is 149 Å². The maximum atomic E-state index is 12.3. The SMILES string of the molecule is C=Cc1ccc(OC(=O)C(C=C)Oc2ccc(C(C)(C)C)cc2)cc1. The van der Waals surface area contributed by atoms with Gasteiger partial charge >= 0.3 is 5.97 Å². The van der Waals surface area contributed by atoms with Crippen LogP contribution in [0.2, 0.25) is 0 Å². The smallest absolute Gasteiger partial charge is 0.356 e. The molecule has 3 nitrogen and oxygen atoms in total. The second-order valence-electron chi connectivity index (χ2n) is 6.74. The first kappa shape index (κ1) is 18.5. The van der Waals surface area contributed by atoms with Crippen LogP contribution in [0.3, 0.4) is 0 Å². The van der Waals surface area contributed by atoms with Gasteiger partial charge in [-0.25, -0.2) is 4.79 Å². The molecule has 0 aliphatic heterocycles. The van der Waals surface area contributed by atoms with Crippen LogP contribution in [0, 0.1) is 0 Å². The normalized spacial score (nSPS) is 12.1. The van der Waals surface area contributed by atoms with Gasteiger partial charge in [-0.15, -0.1) is 0 Å². The van der Waals surface area contributed by atoms with Gasteiger partial charge in [-0.2, -0.15) is 0 Å². The molecule has 0 aliphatic rings. The van der Waals surface area contributed by atoms with Crippen molar-refractivity contribution in [3.8, 4) is 11.5 Å². The van der Waals surface area contributed by atoms with E-state index in [0.717, 1.165) is 5.56 Å². The molecule has 0 bridgehead atoms. The van der Waals surface area contributed by atoms with E-state index in [0.29, 0.717) is 11.5 Å². The highest BCUT2D eigenvalue weighted by Gasteiger charge is 2.20. The van der Waals surface area contributed by atoms with Crippen molar-refractivity contribution < 1.29 is 14.3 Å². The lowest BCUT2D eigenvalue weighted by Gasteiger charge is -2.20. The van der Waals surface area contributed by atoms with Gasteiger partial charge in [0.1, 0.15) is 11.5 Å². The van der Waals surface area contributed by atoms with E-state index >= 15 is 0 Å². The number of benzene rings is 2. The van der Waals surface area contributed by atoms with Crippen molar-refractivity contribution in [1.29, 1.82) is 0 Å². The quantitative estimate of drug-likeness (QED) is 0.415. The highest BCUT2D eigenvalue weighted by molar-refractivity contribution is 5.79. The molecule has 0 heterocycles. The zero-order valence-corrected chi connectivity index (χ0v) is 15.0. The van der Waals surface area contributed by atoms with Gasteiger partial charge in [0.25, 0.3) is 0 Å². The number of carbonyl (C=O) groups excluding carboxylic acids is 1. The molecule has 0 N–H and O–H groups in total. The molecule has 1 atom stereocenters. The maximum absolute atomic E-state index is 12.3. The third kappa shape index (κ3) is 5.08. The molecule has 0 saturated carbocycles. The molecule has 0 radical (unpaired) electrons. The fraction of sp³-hybridized carbons (Fsp3) is 0.227. The molecule has 2 aromatic rings. The lowest BCUT2D eigenvalue weighted by molar-refractivity contribution is -0.140. The summed E-state index contributed by atoms with van der Waals surface area (Å²) < 4.78 is 11.0. The van der Waals surface area contributed by atoms with E-state index in [9.17, 15) is 4.79 Å². The van der Waals surface area contributed by atoms with Crippen LogP contribution in [-0.2, 0) is 10.2 Å². The number of hydrogen-bond acceptors (Lipinski definition) is 3. The summed E-state index contributed by atoms with van der Waals surface area (Å²) in [5.74, 6) is 0.534. The van der Waals surface area contributed by atoms with Crippen molar-refractivity contribution in [1.82, 2.24) is 0 Å². The largest absolute Gasteiger partial charge is 0.475 e. The fourth-order valence-corrected chi connectivity index (χ4v) is 2.22. The first-order valence-corrected chi connectivity index (χ1v) is 8.17. The van der Waals surface area contributed by atoms with Crippen LogP contribution in [-0.4, -0.2) is 12.1 Å². The van der Waals surface area contributed by atoms with E-state index < -0.39 is 12.1 Å². The molecule has 0 fully saturated rings. The zero-order valence-electron chi connectivity index (χ0n) is 15.0. The minimum Gasteiger partial charge on any atom is -0.475 e. The molecule has 0 saturated heterocycles. The van der Waals surface area contributed by atoms with Crippen LogP contribution in [0.25, 0.3) is 6.08 Å². The van der Waals surface area contributed by atoms with Gasteiger partial charge < -0.3 is 9.47 Å². The molecule has 0 aliphatic carbocycles. The Hall–Kier alpha value is -2.81. The van der Waals surface area contributed by atoms with Gasteiger partial charge in [-0.3, -0.25) is 0 Å². The number of hydrogen-bond donors (Lipinski definition) is 0. The average Bonchev–Trinajstić information content (AvgIpc) is 2.60. The first-order chi connectivity index (χ1) is 11.8. The summed E-state index contributed by atoms with van der Waals surface area (Å²) in [4.78, 5) is 12.3. The molecule has 0 aromatic heterocycles. The Kier molecular flexibility index (Phi) is 5.81. The Morgan fingerprint density at radius 3 is 2.00 bits per heavy atom. The van der Waals surface area contributed by atoms with E-state index in [1.807, 2.05) is 36.4 Å². The van der Waals surface area contributed by atoms with Crippen LogP contribution in [0.15, 0.2) is 67.8 Å². The summed E-state index contributed by atoms with van der Waals surface area (Å²) in [6, 6.07) is 14.8. The molecule has 2 rings (SSSR count). The molecule has 3 heteroatoms. The maximum Gasteiger partial charge on any atom is 0.356 e. The number of esters is 1. The van der Waals surface area contributed by atoms with Crippen LogP contribution in [0.5, 0.6) is 11.5 Å². The molecule has 0 amide bonds. The predicted octanol–water partition coefficient (Wildman–Crippen LogP) is 5.17. The van der Waals surface area contributed by atoms with Crippen molar-refractivity contribution in [2.24, 2.45) is 0 Å². The molecule has 130 valence electrons. The summed E-state index contributed by atoms with van der Waals surface area (Å²) in [6.07, 6.45) is 2.28. The van der Waals surface area contributed by atoms with Crippen molar-refractivity contribution in [3.63, 3.8) is 0 Å². The minimum atomic E-state index is -0.875. The lowest BCUT2D eigenvalue weighted by Crippen LogP contribution is -2.29. The van der Waals surface area contributed by atoms with Crippen molar-refractivity contribution in [2.75, 3.05) is 0 Å². The van der Waals surface area contributed by atoms with E-state index in [-0.39, 0.29) is 5.41 Å². The number of rotatable bonds is 6. The topological polar surface area (TPSA) is 35.5 Å². The van der Waals surface area contributed by atoms with Gasteiger partial charge in [-0.1, -0.05) is 64.3 Å². The van der Waals surface area contributed by atoms with Crippen molar-refractivity contribution in [2.45, 2.75) is 32.3 Å². The van der Waals surface area contributed by atoms with Gasteiger partial charge in [0.15, 0.2) is 0 Å². The Bertz CT molecular complexity index is 734. The predicted molar refractivity (Wildman–Crippen MR) is 102 cm³/mol. The Morgan fingerprint density at radius 1 is 0.960 bits per heavy atom. The minimum absolute atomic E-state index is 0.0624. The van der Waals surface area contributed by atoms with Crippen LogP contribution in [0.1, 0.15) is 31.9 Å². The number of ether oxygens (including phenoxy) is 2. The monoisotopic (exact) mass is 336 g/mol. The van der Waals surface area contributed by atoms with Gasteiger partial charge in [0.2, 0.25) is 6.10 Å². The summed E-state index contributed by atoms with van der Waals surface area (Å²) in [5.41, 5.74) is 2.21. The molecule has 0 spiro atoms. The lowest BCUT2D eigenvalue weighted by atomic mass is 9.87.